The predicted molar refractivity (Wildman–Crippen MR) is 59.7 cm³/mol. The second kappa shape index (κ2) is 4.91. The molecule has 0 radical (unpaired) electrons. The fraction of sp³-hybridized carbons (Fsp3) is 0.556. The van der Waals surface area contributed by atoms with Crippen molar-refractivity contribution in [1.82, 2.24) is 5.32 Å². The van der Waals surface area contributed by atoms with Gasteiger partial charge in [0.2, 0.25) is 0 Å². The summed E-state index contributed by atoms with van der Waals surface area (Å²) < 4.78 is 24.1. The maximum atomic E-state index is 11.8. The number of hydrogen-bond donors (Lipinski definition) is 1. The molecule has 1 aromatic rings. The second-order valence-electron chi connectivity index (χ2n) is 3.17. The molecule has 80 valence electrons. The molecule has 14 heavy (non-hydrogen) atoms. The van der Waals surface area contributed by atoms with Gasteiger partial charge in [-0.15, -0.1) is 11.3 Å². The number of hydrogen-bond acceptors (Lipinski definition) is 4. The van der Waals surface area contributed by atoms with Gasteiger partial charge in [-0.25, -0.2) is 8.42 Å². The number of rotatable bonds is 5. The lowest BCUT2D eigenvalue weighted by atomic mass is 10.4. The fourth-order valence-electron chi connectivity index (χ4n) is 1.21. The quantitative estimate of drug-likeness (QED) is 0.783. The third kappa shape index (κ3) is 2.80. The maximum absolute atomic E-state index is 11.8. The zero-order chi connectivity index (χ0) is 10.6. The van der Waals surface area contributed by atoms with Crippen molar-refractivity contribution in [3.8, 4) is 0 Å². The van der Waals surface area contributed by atoms with Gasteiger partial charge < -0.3 is 5.32 Å². The summed E-state index contributed by atoms with van der Waals surface area (Å²) in [5, 5.41) is 4.76. The minimum atomic E-state index is -3.04. The van der Waals surface area contributed by atoms with Gasteiger partial charge in [0.1, 0.15) is 4.21 Å². The van der Waals surface area contributed by atoms with Gasteiger partial charge in [-0.05, 0) is 43.9 Å². The standard InChI is InChI=1S/C9H15NO2S2/c1-8-4-6-13-9(8)14(11,12)7-3-5-10-2/h4,6,10H,3,5,7H2,1-2H3. The van der Waals surface area contributed by atoms with Gasteiger partial charge >= 0.3 is 0 Å². The molecule has 1 aromatic heterocycles. The van der Waals surface area contributed by atoms with Crippen LogP contribution in [-0.2, 0) is 9.84 Å². The minimum Gasteiger partial charge on any atom is -0.320 e. The SMILES string of the molecule is CNCCCS(=O)(=O)c1sccc1C. The topological polar surface area (TPSA) is 46.2 Å². The summed E-state index contributed by atoms with van der Waals surface area (Å²) in [6.07, 6.45) is 0.663. The highest BCUT2D eigenvalue weighted by molar-refractivity contribution is 7.93. The van der Waals surface area contributed by atoms with Crippen molar-refractivity contribution in [2.45, 2.75) is 17.6 Å². The van der Waals surface area contributed by atoms with Crippen LogP contribution in [-0.4, -0.2) is 27.8 Å². The van der Waals surface area contributed by atoms with E-state index in [1.54, 1.807) is 0 Å². The molecule has 0 amide bonds. The Bertz CT molecular complexity index is 381. The summed E-state index contributed by atoms with van der Waals surface area (Å²) in [7, 11) is -1.22. The first kappa shape index (κ1) is 11.7. The molecule has 0 bridgehead atoms. The summed E-state index contributed by atoms with van der Waals surface area (Å²) in [6, 6.07) is 1.84. The average Bonchev–Trinajstić information content (AvgIpc) is 2.52. The summed E-state index contributed by atoms with van der Waals surface area (Å²) in [4.78, 5) is 0. The van der Waals surface area contributed by atoms with E-state index < -0.39 is 9.84 Å². The molecule has 1 N–H and O–H groups in total. The van der Waals surface area contributed by atoms with Crippen LogP contribution in [0.1, 0.15) is 12.0 Å². The van der Waals surface area contributed by atoms with E-state index in [9.17, 15) is 8.42 Å². The Morgan fingerprint density at radius 1 is 1.50 bits per heavy atom. The van der Waals surface area contributed by atoms with Crippen LogP contribution >= 0.6 is 11.3 Å². The third-order valence-electron chi connectivity index (χ3n) is 1.94. The Morgan fingerprint density at radius 2 is 2.21 bits per heavy atom. The van der Waals surface area contributed by atoms with Crippen molar-refractivity contribution in [1.29, 1.82) is 0 Å². The Hall–Kier alpha value is -0.390. The first-order valence-corrected chi connectivity index (χ1v) is 7.02. The first-order valence-electron chi connectivity index (χ1n) is 4.49. The molecule has 5 heteroatoms. The predicted octanol–water partition coefficient (Wildman–Crippen LogP) is 1.44. The molecule has 0 fully saturated rings. The van der Waals surface area contributed by atoms with Crippen molar-refractivity contribution < 1.29 is 8.42 Å². The third-order valence-corrected chi connectivity index (χ3v) is 5.51. The minimum absolute atomic E-state index is 0.231. The Balaban J connectivity index is 2.72. The Morgan fingerprint density at radius 3 is 2.71 bits per heavy atom. The van der Waals surface area contributed by atoms with Crippen LogP contribution in [0.15, 0.2) is 15.7 Å². The van der Waals surface area contributed by atoms with Crippen molar-refractivity contribution in [2.75, 3.05) is 19.3 Å². The molecule has 0 saturated carbocycles. The monoisotopic (exact) mass is 233 g/mol. The van der Waals surface area contributed by atoms with E-state index in [1.165, 1.54) is 11.3 Å². The van der Waals surface area contributed by atoms with Gasteiger partial charge in [-0.2, -0.15) is 0 Å². The first-order chi connectivity index (χ1) is 6.58. The maximum Gasteiger partial charge on any atom is 0.188 e. The molecule has 3 nitrogen and oxygen atoms in total. The Labute approximate surface area is 89.1 Å². The van der Waals surface area contributed by atoms with Gasteiger partial charge in [0.05, 0.1) is 5.75 Å². The van der Waals surface area contributed by atoms with Crippen molar-refractivity contribution in [3.63, 3.8) is 0 Å². The summed E-state index contributed by atoms with van der Waals surface area (Å²) >= 11 is 1.31. The second-order valence-corrected chi connectivity index (χ2v) is 6.39. The van der Waals surface area contributed by atoms with Crippen LogP contribution in [0, 0.1) is 6.92 Å². The van der Waals surface area contributed by atoms with Crippen LogP contribution in [0.5, 0.6) is 0 Å². The zero-order valence-corrected chi connectivity index (χ0v) is 10.0. The molecule has 0 saturated heterocycles. The van der Waals surface area contributed by atoms with Gasteiger partial charge in [0.15, 0.2) is 9.84 Å². The van der Waals surface area contributed by atoms with E-state index >= 15 is 0 Å². The van der Waals surface area contributed by atoms with Gasteiger partial charge in [-0.3, -0.25) is 0 Å². The number of aryl methyl sites for hydroxylation is 1. The smallest absolute Gasteiger partial charge is 0.188 e. The normalized spacial score (nSPS) is 11.9. The summed E-state index contributed by atoms with van der Waals surface area (Å²) in [5.41, 5.74) is 0.861. The van der Waals surface area contributed by atoms with Crippen molar-refractivity contribution in [2.24, 2.45) is 0 Å². The summed E-state index contributed by atoms with van der Waals surface area (Å²) in [6.45, 7) is 2.57. The van der Waals surface area contributed by atoms with Crippen molar-refractivity contribution >= 4 is 21.2 Å². The molecule has 1 heterocycles. The highest BCUT2D eigenvalue weighted by Crippen LogP contribution is 2.23. The van der Waals surface area contributed by atoms with Crippen LogP contribution < -0.4 is 5.32 Å². The molecule has 0 unspecified atom stereocenters. The van der Waals surface area contributed by atoms with Crippen molar-refractivity contribution in [3.05, 3.63) is 17.0 Å². The van der Waals surface area contributed by atoms with Crippen LogP contribution in [0.3, 0.4) is 0 Å². The molecule has 1 rings (SSSR count). The number of sulfone groups is 1. The van der Waals surface area contributed by atoms with E-state index in [2.05, 4.69) is 5.32 Å². The zero-order valence-electron chi connectivity index (χ0n) is 8.41. The molecule has 0 aromatic carbocycles. The van der Waals surface area contributed by atoms with Gasteiger partial charge in [0.25, 0.3) is 0 Å². The van der Waals surface area contributed by atoms with E-state index in [-0.39, 0.29) is 5.75 Å². The summed E-state index contributed by atoms with van der Waals surface area (Å²) in [5.74, 6) is 0.231. The van der Waals surface area contributed by atoms with E-state index in [1.807, 2.05) is 25.4 Å². The fourth-order valence-corrected chi connectivity index (χ4v) is 4.13. The lowest BCUT2D eigenvalue weighted by Gasteiger charge is -2.02. The van der Waals surface area contributed by atoms with E-state index in [0.29, 0.717) is 10.6 Å². The van der Waals surface area contributed by atoms with Crippen LogP contribution in [0.4, 0.5) is 0 Å². The van der Waals surface area contributed by atoms with Crippen LogP contribution in [0.2, 0.25) is 0 Å². The average molecular weight is 233 g/mol. The molecule has 0 aliphatic heterocycles. The van der Waals surface area contributed by atoms with E-state index in [4.69, 9.17) is 0 Å². The largest absolute Gasteiger partial charge is 0.320 e. The van der Waals surface area contributed by atoms with Gasteiger partial charge in [0, 0.05) is 0 Å². The Kier molecular flexibility index (Phi) is 4.10. The molecule has 0 aliphatic carbocycles. The molecule has 0 atom stereocenters. The van der Waals surface area contributed by atoms with E-state index in [0.717, 1.165) is 12.1 Å². The lowest BCUT2D eigenvalue weighted by molar-refractivity contribution is 0.593. The lowest BCUT2D eigenvalue weighted by Crippen LogP contribution is -2.14. The van der Waals surface area contributed by atoms with Crippen LogP contribution in [0.25, 0.3) is 0 Å². The molecule has 0 aliphatic rings. The highest BCUT2D eigenvalue weighted by Gasteiger charge is 2.17. The molecule has 0 spiro atoms. The number of thiophene rings is 1. The molecular weight excluding hydrogens is 218 g/mol. The number of nitrogens with one attached hydrogen (secondary N) is 1. The molecular formula is C9H15NO2S2. The highest BCUT2D eigenvalue weighted by atomic mass is 32.2. The van der Waals surface area contributed by atoms with Gasteiger partial charge in [-0.1, -0.05) is 0 Å².